The molecule has 0 amide bonds. The third kappa shape index (κ3) is 2.28. The zero-order chi connectivity index (χ0) is 14.8. The first-order valence-electron chi connectivity index (χ1n) is 7.48. The third-order valence-electron chi connectivity index (χ3n) is 3.93. The van der Waals surface area contributed by atoms with Crippen LogP contribution in [0, 0.1) is 0 Å². The molecule has 0 unspecified atom stereocenters. The monoisotopic (exact) mass is 298 g/mol. The Morgan fingerprint density at radius 2 is 1.09 bits per heavy atom. The van der Waals surface area contributed by atoms with Crippen molar-refractivity contribution in [3.8, 4) is 0 Å². The fourth-order valence-electron chi connectivity index (χ4n) is 2.91. The summed E-state index contributed by atoms with van der Waals surface area (Å²) in [6, 6.07) is 32.5. The van der Waals surface area contributed by atoms with E-state index in [1.807, 2.05) is 0 Å². The molecule has 3 aromatic carbocycles. The number of nitrogens with zero attached hydrogens (tertiary/aromatic N) is 1. The minimum Gasteiger partial charge on any atom is -0.366 e. The van der Waals surface area contributed by atoms with E-state index in [9.17, 15) is 0 Å². The van der Waals surface area contributed by atoms with Gasteiger partial charge in [-0.3, -0.25) is 0 Å². The Balaban J connectivity index is 1.95. The topological polar surface area (TPSA) is 4.93 Å². The summed E-state index contributed by atoms with van der Waals surface area (Å²) >= 11 is 0. The Morgan fingerprint density at radius 3 is 1.73 bits per heavy atom. The molecule has 0 saturated carbocycles. The number of hydrogen-bond acceptors (Lipinski definition) is 0. The van der Waals surface area contributed by atoms with Crippen LogP contribution in [-0.4, -0.2) is 13.2 Å². The van der Waals surface area contributed by atoms with Crippen LogP contribution in [0.25, 0.3) is 10.9 Å². The molecule has 0 spiro atoms. The molecule has 4 aromatic rings. The number of rotatable bonds is 3. The predicted octanol–water partition coefficient (Wildman–Crippen LogP) is 3.30. The summed E-state index contributed by atoms with van der Waals surface area (Å²) in [5.41, 5.74) is 1.31. The molecule has 1 heterocycles. The fourth-order valence-corrected chi connectivity index (χ4v) is 5.49. The van der Waals surface area contributed by atoms with E-state index in [1.54, 1.807) is 0 Å². The van der Waals surface area contributed by atoms with Crippen LogP contribution >= 0.6 is 0 Å². The van der Waals surface area contributed by atoms with Crippen LogP contribution in [0.15, 0.2) is 97.2 Å². The molecule has 0 aliphatic heterocycles. The van der Waals surface area contributed by atoms with Crippen LogP contribution in [0.5, 0.6) is 0 Å². The van der Waals surface area contributed by atoms with Crippen molar-refractivity contribution in [2.24, 2.45) is 0 Å². The molecule has 105 valence electrons. The van der Waals surface area contributed by atoms with Gasteiger partial charge < -0.3 is 4.23 Å². The second-order valence-electron chi connectivity index (χ2n) is 5.33. The van der Waals surface area contributed by atoms with Gasteiger partial charge in [0, 0.05) is 5.52 Å². The van der Waals surface area contributed by atoms with E-state index in [0.29, 0.717) is 0 Å². The molecule has 0 fully saturated rings. The first-order valence-corrected chi connectivity index (χ1v) is 8.92. The molecule has 0 atom stereocenters. The molecule has 0 aliphatic carbocycles. The van der Waals surface area contributed by atoms with E-state index in [-0.39, 0.29) is 0 Å². The van der Waals surface area contributed by atoms with Crippen LogP contribution in [0.2, 0.25) is 0 Å². The van der Waals surface area contributed by atoms with E-state index >= 15 is 0 Å². The largest absolute Gasteiger partial charge is 0.366 e. The Kier molecular flexibility index (Phi) is 3.37. The minimum absolute atomic E-state index is 1.04. The number of benzene rings is 3. The van der Waals surface area contributed by atoms with Gasteiger partial charge in [0.15, 0.2) is 0 Å². The number of aromatic nitrogens is 1. The van der Waals surface area contributed by atoms with E-state index in [0.717, 1.165) is 0 Å². The predicted molar refractivity (Wildman–Crippen MR) is 95.2 cm³/mol. The molecule has 0 aliphatic rings. The van der Waals surface area contributed by atoms with Gasteiger partial charge in [-0.15, -0.1) is 0 Å². The highest BCUT2D eigenvalue weighted by Gasteiger charge is 2.20. The third-order valence-corrected chi connectivity index (χ3v) is 6.57. The highest BCUT2D eigenvalue weighted by molar-refractivity contribution is 6.84. The van der Waals surface area contributed by atoms with Crippen molar-refractivity contribution < 1.29 is 0 Å². The van der Waals surface area contributed by atoms with Gasteiger partial charge in [-0.2, -0.15) is 0 Å². The fraction of sp³-hybridized carbons (Fsp3) is 0. The Hall–Kier alpha value is -2.58. The molecule has 1 aromatic heterocycles. The molecule has 2 heteroatoms. The standard InChI is InChI=1S/C20H16NSi/c1-3-10-18(11-4-1)22(19-12-5-2-6-13-19)21-16-15-17-9-7-8-14-20(17)21/h1-16H. The van der Waals surface area contributed by atoms with Gasteiger partial charge in [-0.05, 0) is 34.1 Å². The summed E-state index contributed by atoms with van der Waals surface area (Å²) in [7, 11) is -1.04. The Morgan fingerprint density at radius 1 is 0.545 bits per heavy atom. The molecule has 0 N–H and O–H groups in total. The molecule has 4 rings (SSSR count). The van der Waals surface area contributed by atoms with Crippen molar-refractivity contribution in [1.29, 1.82) is 0 Å². The summed E-state index contributed by atoms with van der Waals surface area (Å²) in [4.78, 5) is 0. The maximum Gasteiger partial charge on any atom is 0.246 e. The second kappa shape index (κ2) is 5.66. The van der Waals surface area contributed by atoms with Crippen LogP contribution in [0.4, 0.5) is 0 Å². The molecular formula is C20H16NSi. The molecule has 1 nitrogen and oxygen atoms in total. The van der Waals surface area contributed by atoms with Gasteiger partial charge in [-0.1, -0.05) is 78.9 Å². The average molecular weight is 298 g/mol. The number of hydrogen-bond donors (Lipinski definition) is 0. The van der Waals surface area contributed by atoms with E-state index in [4.69, 9.17) is 0 Å². The van der Waals surface area contributed by atoms with Crippen molar-refractivity contribution in [2.45, 2.75) is 0 Å². The lowest BCUT2D eigenvalue weighted by molar-refractivity contribution is 1.28. The SMILES string of the molecule is c1ccc([Si](c2ccccc2)n2ccc3ccccc32)cc1. The lowest BCUT2D eigenvalue weighted by Gasteiger charge is -2.18. The van der Waals surface area contributed by atoms with Crippen molar-refractivity contribution in [3.05, 3.63) is 97.2 Å². The summed E-state index contributed by atoms with van der Waals surface area (Å²) in [6.07, 6.45) is 2.24. The highest BCUT2D eigenvalue weighted by Crippen LogP contribution is 2.15. The number of fused-ring (bicyclic) bond motifs is 1. The number of para-hydroxylation sites is 1. The van der Waals surface area contributed by atoms with Crippen molar-refractivity contribution in [3.63, 3.8) is 0 Å². The summed E-state index contributed by atoms with van der Waals surface area (Å²) in [5, 5.41) is 4.11. The molecule has 1 radical (unpaired) electrons. The molecule has 0 bridgehead atoms. The second-order valence-corrected chi connectivity index (χ2v) is 7.66. The van der Waals surface area contributed by atoms with Crippen molar-refractivity contribution in [2.75, 3.05) is 0 Å². The maximum absolute atomic E-state index is 2.46. The summed E-state index contributed by atoms with van der Waals surface area (Å²) in [6.45, 7) is 0. The normalized spacial score (nSPS) is 11.1. The summed E-state index contributed by atoms with van der Waals surface area (Å²) in [5.74, 6) is 0. The van der Waals surface area contributed by atoms with Gasteiger partial charge in [-0.25, -0.2) is 0 Å². The zero-order valence-electron chi connectivity index (χ0n) is 12.2. The zero-order valence-corrected chi connectivity index (χ0v) is 13.2. The Labute approximate surface area is 132 Å². The molecular weight excluding hydrogens is 282 g/mol. The van der Waals surface area contributed by atoms with E-state index in [1.165, 1.54) is 21.3 Å². The van der Waals surface area contributed by atoms with Crippen LogP contribution in [-0.2, 0) is 0 Å². The molecule has 22 heavy (non-hydrogen) atoms. The smallest absolute Gasteiger partial charge is 0.246 e. The maximum atomic E-state index is 2.46. The summed E-state index contributed by atoms with van der Waals surface area (Å²) < 4.78 is 2.46. The van der Waals surface area contributed by atoms with Crippen molar-refractivity contribution >= 4 is 30.2 Å². The average Bonchev–Trinajstić information content (AvgIpc) is 3.01. The van der Waals surface area contributed by atoms with Crippen LogP contribution in [0.1, 0.15) is 0 Å². The minimum atomic E-state index is -1.04. The van der Waals surface area contributed by atoms with Gasteiger partial charge in [0.05, 0.1) is 0 Å². The Bertz CT molecular complexity index is 842. The first kappa shape index (κ1) is 13.1. The quantitative estimate of drug-likeness (QED) is 0.512. The first-order chi connectivity index (χ1) is 10.9. The molecule has 0 saturated heterocycles. The van der Waals surface area contributed by atoms with Crippen molar-refractivity contribution in [1.82, 2.24) is 4.23 Å². The van der Waals surface area contributed by atoms with Crippen LogP contribution in [0.3, 0.4) is 0 Å². The highest BCUT2D eigenvalue weighted by atomic mass is 28.3. The van der Waals surface area contributed by atoms with E-state index < -0.39 is 8.96 Å². The van der Waals surface area contributed by atoms with E-state index in [2.05, 4.69) is 101 Å². The van der Waals surface area contributed by atoms with Gasteiger partial charge in [0.2, 0.25) is 8.96 Å². The van der Waals surface area contributed by atoms with Gasteiger partial charge >= 0.3 is 0 Å². The van der Waals surface area contributed by atoms with Gasteiger partial charge in [0.25, 0.3) is 0 Å². The lowest BCUT2D eigenvalue weighted by atomic mass is 10.3. The lowest BCUT2D eigenvalue weighted by Crippen LogP contribution is -2.48. The van der Waals surface area contributed by atoms with Crippen LogP contribution < -0.4 is 10.4 Å². The van der Waals surface area contributed by atoms with Gasteiger partial charge in [0.1, 0.15) is 0 Å².